The largest absolute Gasteiger partial charge is 0.489 e. The molecule has 0 aliphatic heterocycles. The highest BCUT2D eigenvalue weighted by atomic mass is 35.5. The van der Waals surface area contributed by atoms with Gasteiger partial charge in [-0.3, -0.25) is 0 Å². The Morgan fingerprint density at radius 2 is 1.95 bits per heavy atom. The fraction of sp³-hybridized carbons (Fsp3) is 0.125. The zero-order chi connectivity index (χ0) is 14.4. The lowest BCUT2D eigenvalue weighted by Crippen LogP contribution is -1.97. The smallest absolute Gasteiger partial charge is 0.142 e. The van der Waals surface area contributed by atoms with Crippen molar-refractivity contribution in [1.82, 2.24) is 0 Å². The third-order valence-corrected chi connectivity index (χ3v) is 2.66. The first-order valence-electron chi connectivity index (χ1n) is 5.90. The number of rotatable bonds is 3. The molecule has 0 radical (unpaired) electrons. The lowest BCUT2D eigenvalue weighted by atomic mass is 10.2. The summed E-state index contributed by atoms with van der Waals surface area (Å²) >= 11 is 5.41. The van der Waals surface area contributed by atoms with Crippen LogP contribution in [-0.4, -0.2) is 5.88 Å². The van der Waals surface area contributed by atoms with Crippen molar-refractivity contribution in [1.29, 1.82) is 0 Å². The van der Waals surface area contributed by atoms with Crippen LogP contribution in [0.3, 0.4) is 0 Å². The van der Waals surface area contributed by atoms with E-state index in [0.717, 1.165) is 0 Å². The monoisotopic (exact) mass is 292 g/mol. The van der Waals surface area contributed by atoms with Crippen LogP contribution < -0.4 is 4.74 Å². The SMILES string of the molecule is Fc1cccc(COc2ccc(C#CCCl)c(F)c2)c1. The van der Waals surface area contributed by atoms with Gasteiger partial charge in [-0.15, -0.1) is 11.6 Å². The maximum atomic E-state index is 13.7. The summed E-state index contributed by atoms with van der Waals surface area (Å²) in [5.41, 5.74) is 0.945. The molecule has 0 aliphatic rings. The van der Waals surface area contributed by atoms with Crippen LogP contribution in [0.4, 0.5) is 8.78 Å². The Hall–Kier alpha value is -2.05. The Morgan fingerprint density at radius 3 is 2.65 bits per heavy atom. The Labute approximate surface area is 121 Å². The summed E-state index contributed by atoms with van der Waals surface area (Å²) in [5, 5.41) is 0. The summed E-state index contributed by atoms with van der Waals surface area (Å²) in [5.74, 6) is 4.90. The van der Waals surface area contributed by atoms with Gasteiger partial charge in [-0.2, -0.15) is 0 Å². The number of halogens is 3. The van der Waals surface area contributed by atoms with Gasteiger partial charge in [0.1, 0.15) is 24.0 Å². The van der Waals surface area contributed by atoms with E-state index in [9.17, 15) is 8.78 Å². The van der Waals surface area contributed by atoms with Crippen molar-refractivity contribution < 1.29 is 13.5 Å². The summed E-state index contributed by atoms with van der Waals surface area (Å²) in [4.78, 5) is 0. The van der Waals surface area contributed by atoms with Crippen LogP contribution in [0, 0.1) is 23.5 Å². The molecule has 102 valence electrons. The van der Waals surface area contributed by atoms with E-state index >= 15 is 0 Å². The first-order valence-corrected chi connectivity index (χ1v) is 6.44. The minimum Gasteiger partial charge on any atom is -0.489 e. The van der Waals surface area contributed by atoms with Crippen molar-refractivity contribution in [3.05, 3.63) is 65.2 Å². The Balaban J connectivity index is 2.05. The zero-order valence-corrected chi connectivity index (χ0v) is 11.3. The number of hydrogen-bond acceptors (Lipinski definition) is 1. The highest BCUT2D eigenvalue weighted by Crippen LogP contribution is 2.17. The van der Waals surface area contributed by atoms with Gasteiger partial charge in [0.15, 0.2) is 0 Å². The van der Waals surface area contributed by atoms with Gasteiger partial charge < -0.3 is 4.74 Å². The number of alkyl halides is 1. The Bertz CT molecular complexity index is 659. The second-order valence-corrected chi connectivity index (χ2v) is 4.26. The van der Waals surface area contributed by atoms with Crippen molar-refractivity contribution in [2.45, 2.75) is 6.61 Å². The zero-order valence-electron chi connectivity index (χ0n) is 10.5. The van der Waals surface area contributed by atoms with Crippen LogP contribution in [0.15, 0.2) is 42.5 Å². The second kappa shape index (κ2) is 6.93. The molecule has 2 aromatic carbocycles. The fourth-order valence-electron chi connectivity index (χ4n) is 1.61. The topological polar surface area (TPSA) is 9.23 Å². The Kier molecular flexibility index (Phi) is 4.97. The van der Waals surface area contributed by atoms with Crippen molar-refractivity contribution in [3.63, 3.8) is 0 Å². The molecule has 0 fully saturated rings. The van der Waals surface area contributed by atoms with Crippen LogP contribution in [0.25, 0.3) is 0 Å². The van der Waals surface area contributed by atoms with E-state index in [-0.39, 0.29) is 23.9 Å². The molecule has 2 aromatic rings. The lowest BCUT2D eigenvalue weighted by Gasteiger charge is -2.07. The van der Waals surface area contributed by atoms with E-state index < -0.39 is 5.82 Å². The van der Waals surface area contributed by atoms with E-state index in [4.69, 9.17) is 16.3 Å². The van der Waals surface area contributed by atoms with E-state index in [0.29, 0.717) is 11.3 Å². The van der Waals surface area contributed by atoms with E-state index in [2.05, 4.69) is 11.8 Å². The highest BCUT2D eigenvalue weighted by molar-refractivity contribution is 6.19. The van der Waals surface area contributed by atoms with Crippen molar-refractivity contribution in [2.75, 3.05) is 5.88 Å². The molecule has 0 bridgehead atoms. The highest BCUT2D eigenvalue weighted by Gasteiger charge is 2.03. The predicted octanol–water partition coefficient (Wildman–Crippen LogP) is 4.13. The first kappa shape index (κ1) is 14.4. The molecule has 0 amide bonds. The molecule has 4 heteroatoms. The molecule has 20 heavy (non-hydrogen) atoms. The average molecular weight is 293 g/mol. The molecule has 1 nitrogen and oxygen atoms in total. The first-order chi connectivity index (χ1) is 9.69. The molecular weight excluding hydrogens is 282 g/mol. The molecule has 0 spiro atoms. The Morgan fingerprint density at radius 1 is 1.10 bits per heavy atom. The quantitative estimate of drug-likeness (QED) is 0.610. The summed E-state index contributed by atoms with van der Waals surface area (Å²) in [6, 6.07) is 10.4. The van der Waals surface area contributed by atoms with Gasteiger partial charge in [0.05, 0.1) is 11.4 Å². The third kappa shape index (κ3) is 3.97. The van der Waals surface area contributed by atoms with Gasteiger partial charge in [-0.1, -0.05) is 24.0 Å². The average Bonchev–Trinajstić information content (AvgIpc) is 2.44. The number of benzene rings is 2. The molecular formula is C16H11ClF2O. The van der Waals surface area contributed by atoms with Crippen LogP contribution in [0.1, 0.15) is 11.1 Å². The van der Waals surface area contributed by atoms with Crippen LogP contribution in [-0.2, 0) is 6.61 Å². The minimum atomic E-state index is -0.473. The summed E-state index contributed by atoms with van der Waals surface area (Å²) in [6.45, 7) is 0.171. The van der Waals surface area contributed by atoms with Crippen LogP contribution in [0.5, 0.6) is 5.75 Å². The maximum absolute atomic E-state index is 13.7. The van der Waals surface area contributed by atoms with Crippen molar-refractivity contribution in [2.24, 2.45) is 0 Å². The van der Waals surface area contributed by atoms with Gasteiger partial charge >= 0.3 is 0 Å². The molecule has 0 aliphatic carbocycles. The second-order valence-electron chi connectivity index (χ2n) is 4.00. The molecule has 0 saturated heterocycles. The molecule has 0 atom stereocenters. The molecule has 2 rings (SSSR count). The van der Waals surface area contributed by atoms with E-state index in [1.807, 2.05) is 0 Å². The molecule has 0 unspecified atom stereocenters. The van der Waals surface area contributed by atoms with Crippen LogP contribution >= 0.6 is 11.6 Å². The van der Waals surface area contributed by atoms with Gasteiger partial charge in [0.2, 0.25) is 0 Å². The van der Waals surface area contributed by atoms with Crippen LogP contribution in [0.2, 0.25) is 0 Å². The van der Waals surface area contributed by atoms with E-state index in [1.165, 1.54) is 24.3 Å². The van der Waals surface area contributed by atoms with Gasteiger partial charge in [0, 0.05) is 6.07 Å². The summed E-state index contributed by atoms with van der Waals surface area (Å²) in [6.07, 6.45) is 0. The number of hydrogen-bond donors (Lipinski definition) is 0. The molecule has 0 saturated carbocycles. The van der Waals surface area contributed by atoms with Gasteiger partial charge in [0.25, 0.3) is 0 Å². The lowest BCUT2D eigenvalue weighted by molar-refractivity contribution is 0.304. The summed E-state index contributed by atoms with van der Waals surface area (Å²) in [7, 11) is 0. The summed E-state index contributed by atoms with van der Waals surface area (Å²) < 4.78 is 32.1. The van der Waals surface area contributed by atoms with Gasteiger partial charge in [-0.05, 0) is 29.8 Å². The fourth-order valence-corrected chi connectivity index (χ4v) is 1.68. The van der Waals surface area contributed by atoms with E-state index in [1.54, 1.807) is 18.2 Å². The number of ether oxygens (including phenoxy) is 1. The minimum absolute atomic E-state index is 0.150. The molecule has 0 heterocycles. The molecule has 0 N–H and O–H groups in total. The normalized spacial score (nSPS) is 9.75. The van der Waals surface area contributed by atoms with Gasteiger partial charge in [-0.25, -0.2) is 8.78 Å². The van der Waals surface area contributed by atoms with Crippen molar-refractivity contribution >= 4 is 11.6 Å². The maximum Gasteiger partial charge on any atom is 0.142 e. The molecule has 0 aromatic heterocycles. The third-order valence-electron chi connectivity index (χ3n) is 2.52. The standard InChI is InChI=1S/C16H11ClF2O/c17-8-2-4-13-6-7-15(10-16(13)19)20-11-12-3-1-5-14(18)9-12/h1,3,5-7,9-10H,8,11H2. The van der Waals surface area contributed by atoms with Crippen molar-refractivity contribution in [3.8, 4) is 17.6 Å². The predicted molar refractivity (Wildman–Crippen MR) is 74.7 cm³/mol.